The van der Waals surface area contributed by atoms with E-state index in [0.29, 0.717) is 0 Å². The minimum atomic E-state index is 0.976. The molecule has 1 N–H and O–H groups in total. The van der Waals surface area contributed by atoms with Gasteiger partial charge in [0.15, 0.2) is 0 Å². The molecule has 1 aromatic carbocycles. The molecule has 1 aliphatic rings. The predicted molar refractivity (Wildman–Crippen MR) is 83.6 cm³/mol. The average molecular weight is 276 g/mol. The quantitative estimate of drug-likeness (QED) is 0.741. The number of fused-ring (bicyclic) bond motifs is 2. The second-order valence-corrected chi connectivity index (χ2v) is 5.35. The number of hydrogen-bond donors (Lipinski definition) is 1. The predicted octanol–water partition coefficient (Wildman–Crippen LogP) is 3.32. The SMILES string of the molecule is Cn1nccc1-c1ccc2c(c1)CCc1cccnc1N2. The highest BCUT2D eigenvalue weighted by atomic mass is 15.3. The molecular weight excluding hydrogens is 260 g/mol. The second-order valence-electron chi connectivity index (χ2n) is 5.35. The van der Waals surface area contributed by atoms with Crippen LogP contribution < -0.4 is 5.32 Å². The Morgan fingerprint density at radius 2 is 1.95 bits per heavy atom. The molecule has 0 radical (unpaired) electrons. The summed E-state index contributed by atoms with van der Waals surface area (Å²) in [4.78, 5) is 4.44. The summed E-state index contributed by atoms with van der Waals surface area (Å²) < 4.78 is 1.90. The normalized spacial score (nSPS) is 13.0. The Morgan fingerprint density at radius 1 is 1.05 bits per heavy atom. The summed E-state index contributed by atoms with van der Waals surface area (Å²) in [7, 11) is 1.97. The van der Waals surface area contributed by atoms with Crippen LogP contribution in [0.2, 0.25) is 0 Å². The first-order valence-corrected chi connectivity index (χ1v) is 7.13. The summed E-state index contributed by atoms with van der Waals surface area (Å²) in [6, 6.07) is 12.7. The van der Waals surface area contributed by atoms with Crippen LogP contribution in [0.4, 0.5) is 11.5 Å². The maximum atomic E-state index is 4.44. The number of aryl methyl sites for hydroxylation is 3. The Hall–Kier alpha value is -2.62. The lowest BCUT2D eigenvalue weighted by Crippen LogP contribution is -1.97. The summed E-state index contributed by atoms with van der Waals surface area (Å²) in [6.07, 6.45) is 5.70. The van der Waals surface area contributed by atoms with Gasteiger partial charge in [0.2, 0.25) is 0 Å². The van der Waals surface area contributed by atoms with Crippen molar-refractivity contribution < 1.29 is 0 Å². The smallest absolute Gasteiger partial charge is 0.133 e. The molecule has 3 heterocycles. The third kappa shape index (κ3) is 2.09. The van der Waals surface area contributed by atoms with E-state index in [0.717, 1.165) is 30.0 Å². The van der Waals surface area contributed by atoms with Crippen molar-refractivity contribution in [1.82, 2.24) is 14.8 Å². The monoisotopic (exact) mass is 276 g/mol. The fraction of sp³-hybridized carbons (Fsp3) is 0.176. The van der Waals surface area contributed by atoms with E-state index in [1.807, 2.05) is 36.3 Å². The molecule has 4 rings (SSSR count). The highest BCUT2D eigenvalue weighted by Gasteiger charge is 2.14. The van der Waals surface area contributed by atoms with Gasteiger partial charge >= 0.3 is 0 Å². The van der Waals surface area contributed by atoms with Gasteiger partial charge in [0.25, 0.3) is 0 Å². The molecule has 0 spiro atoms. The molecule has 104 valence electrons. The maximum absolute atomic E-state index is 4.44. The van der Waals surface area contributed by atoms with Crippen molar-refractivity contribution in [2.45, 2.75) is 12.8 Å². The molecule has 0 atom stereocenters. The Balaban J connectivity index is 1.76. The van der Waals surface area contributed by atoms with Crippen LogP contribution in [0.25, 0.3) is 11.3 Å². The zero-order valence-corrected chi connectivity index (χ0v) is 11.9. The maximum Gasteiger partial charge on any atom is 0.133 e. The van der Waals surface area contributed by atoms with Crippen molar-refractivity contribution in [3.8, 4) is 11.3 Å². The van der Waals surface area contributed by atoms with Crippen LogP contribution in [0.3, 0.4) is 0 Å². The third-order valence-corrected chi connectivity index (χ3v) is 4.03. The molecule has 4 nitrogen and oxygen atoms in total. The van der Waals surface area contributed by atoms with Crippen molar-refractivity contribution in [1.29, 1.82) is 0 Å². The zero-order chi connectivity index (χ0) is 14.2. The fourth-order valence-corrected chi connectivity index (χ4v) is 2.89. The third-order valence-electron chi connectivity index (χ3n) is 4.03. The number of pyridine rings is 1. The minimum Gasteiger partial charge on any atom is -0.340 e. The molecule has 0 bridgehead atoms. The van der Waals surface area contributed by atoms with E-state index < -0.39 is 0 Å². The van der Waals surface area contributed by atoms with Crippen molar-refractivity contribution in [2.24, 2.45) is 7.05 Å². The average Bonchev–Trinajstić information content (AvgIpc) is 2.84. The largest absolute Gasteiger partial charge is 0.340 e. The molecular formula is C17H16N4. The van der Waals surface area contributed by atoms with E-state index in [1.165, 1.54) is 16.7 Å². The van der Waals surface area contributed by atoms with Crippen molar-refractivity contribution in [2.75, 3.05) is 5.32 Å². The fourth-order valence-electron chi connectivity index (χ4n) is 2.89. The number of benzene rings is 1. The number of rotatable bonds is 1. The highest BCUT2D eigenvalue weighted by Crippen LogP contribution is 2.31. The van der Waals surface area contributed by atoms with Crippen LogP contribution in [0.1, 0.15) is 11.1 Å². The van der Waals surface area contributed by atoms with Crippen LogP contribution in [0.15, 0.2) is 48.8 Å². The molecule has 0 fully saturated rings. The molecule has 2 aromatic heterocycles. The summed E-state index contributed by atoms with van der Waals surface area (Å²) in [5.41, 5.74) is 6.09. The van der Waals surface area contributed by atoms with Gasteiger partial charge in [-0.25, -0.2) is 4.98 Å². The van der Waals surface area contributed by atoms with E-state index in [4.69, 9.17) is 0 Å². The van der Waals surface area contributed by atoms with Gasteiger partial charge in [0, 0.05) is 30.7 Å². The molecule has 1 aliphatic heterocycles. The van der Waals surface area contributed by atoms with Crippen LogP contribution in [-0.2, 0) is 19.9 Å². The van der Waals surface area contributed by atoms with E-state index in [-0.39, 0.29) is 0 Å². The zero-order valence-electron chi connectivity index (χ0n) is 11.9. The lowest BCUT2D eigenvalue weighted by Gasteiger charge is -2.10. The molecule has 0 unspecified atom stereocenters. The van der Waals surface area contributed by atoms with Gasteiger partial charge in [-0.15, -0.1) is 0 Å². The van der Waals surface area contributed by atoms with Gasteiger partial charge in [-0.3, -0.25) is 4.68 Å². The Labute approximate surface area is 123 Å². The van der Waals surface area contributed by atoms with E-state index in [9.17, 15) is 0 Å². The molecule has 0 amide bonds. The molecule has 0 saturated heterocycles. The first kappa shape index (κ1) is 12.1. The van der Waals surface area contributed by atoms with Crippen LogP contribution in [0.5, 0.6) is 0 Å². The second kappa shape index (κ2) is 4.74. The first-order chi connectivity index (χ1) is 10.3. The molecule has 0 saturated carbocycles. The molecule has 21 heavy (non-hydrogen) atoms. The van der Waals surface area contributed by atoms with Gasteiger partial charge in [-0.1, -0.05) is 12.1 Å². The van der Waals surface area contributed by atoms with Crippen molar-refractivity contribution in [3.63, 3.8) is 0 Å². The van der Waals surface area contributed by atoms with E-state index in [1.54, 1.807) is 0 Å². The van der Waals surface area contributed by atoms with E-state index in [2.05, 4.69) is 39.7 Å². The standard InChI is InChI=1S/C17H16N4/c1-21-16(8-10-19-21)14-6-7-15-13(11-14)5-4-12-3-2-9-18-17(12)20-15/h2-3,6-11H,4-5H2,1H3,(H,18,20). The first-order valence-electron chi connectivity index (χ1n) is 7.13. The summed E-state index contributed by atoms with van der Waals surface area (Å²) >= 11 is 0. The minimum absolute atomic E-state index is 0.976. The van der Waals surface area contributed by atoms with Crippen molar-refractivity contribution in [3.05, 3.63) is 59.9 Å². The topological polar surface area (TPSA) is 42.7 Å². The lowest BCUT2D eigenvalue weighted by atomic mass is 10.0. The van der Waals surface area contributed by atoms with Gasteiger partial charge in [-0.05, 0) is 48.2 Å². The van der Waals surface area contributed by atoms with Gasteiger partial charge in [0.1, 0.15) is 5.82 Å². The molecule has 3 aromatic rings. The highest BCUT2D eigenvalue weighted by molar-refractivity contribution is 5.71. The van der Waals surface area contributed by atoms with Gasteiger partial charge < -0.3 is 5.32 Å². The Bertz CT molecular complexity index is 804. The van der Waals surface area contributed by atoms with Crippen LogP contribution in [-0.4, -0.2) is 14.8 Å². The van der Waals surface area contributed by atoms with Crippen molar-refractivity contribution >= 4 is 11.5 Å². The summed E-state index contributed by atoms with van der Waals surface area (Å²) in [5.74, 6) is 0.976. The Kier molecular flexibility index (Phi) is 2.74. The number of nitrogens with zero attached hydrogens (tertiary/aromatic N) is 3. The van der Waals surface area contributed by atoms with E-state index >= 15 is 0 Å². The number of aromatic nitrogens is 3. The van der Waals surface area contributed by atoms with Gasteiger partial charge in [-0.2, -0.15) is 5.10 Å². The molecule has 0 aliphatic carbocycles. The molecule has 4 heteroatoms. The Morgan fingerprint density at radius 3 is 2.81 bits per heavy atom. The number of hydrogen-bond acceptors (Lipinski definition) is 3. The number of anilines is 2. The summed E-state index contributed by atoms with van der Waals surface area (Å²) in [5, 5.41) is 7.70. The number of nitrogens with one attached hydrogen (secondary N) is 1. The van der Waals surface area contributed by atoms with Gasteiger partial charge in [0.05, 0.1) is 5.69 Å². The van der Waals surface area contributed by atoms with Crippen LogP contribution in [0, 0.1) is 0 Å². The van der Waals surface area contributed by atoms with Crippen LogP contribution >= 0.6 is 0 Å². The summed E-state index contributed by atoms with van der Waals surface area (Å²) in [6.45, 7) is 0. The lowest BCUT2D eigenvalue weighted by molar-refractivity contribution is 0.775.